The topological polar surface area (TPSA) is 27.7 Å². The maximum atomic E-state index is 6.56. The van der Waals surface area contributed by atoms with Gasteiger partial charge in [0, 0.05) is 0 Å². The predicted molar refractivity (Wildman–Crippen MR) is 162 cm³/mol. The van der Waals surface area contributed by atoms with Gasteiger partial charge in [0.25, 0.3) is 0 Å². The van der Waals surface area contributed by atoms with Crippen LogP contribution in [0.2, 0.25) is 0 Å². The van der Waals surface area contributed by atoms with Gasteiger partial charge in [-0.3, -0.25) is 4.48 Å². The van der Waals surface area contributed by atoms with Crippen molar-refractivity contribution in [2.24, 2.45) is 0 Å². The van der Waals surface area contributed by atoms with Crippen molar-refractivity contribution in [2.45, 2.75) is 80.1 Å². The molecule has 0 saturated carbocycles. The fourth-order valence-corrected chi connectivity index (χ4v) is 5.08. The molecule has 3 aromatic rings. The van der Waals surface area contributed by atoms with Crippen LogP contribution >= 0.6 is 0 Å². The average molecular weight is 517 g/mol. The standard InChI is InChI=1S/C33H47BNO3/c1-7-10-24-35(25-11-8-2,26-12-9-3)30-20-17-23-33(29(30)6)38-34(36-31-21-15-13-18-27(31)4)37-32-22-16-14-19-28(32)5/h13-23H,7-12,24-26H2,1-6H3/q+1. The van der Waals surface area contributed by atoms with Crippen molar-refractivity contribution in [3.8, 4) is 17.2 Å². The molecule has 3 aromatic carbocycles. The quantitative estimate of drug-likeness (QED) is 0.141. The largest absolute Gasteiger partial charge is 0.864 e. The number of para-hydroxylation sites is 2. The normalized spacial score (nSPS) is 11.3. The summed E-state index contributed by atoms with van der Waals surface area (Å²) in [6, 6.07) is 22.4. The van der Waals surface area contributed by atoms with E-state index < -0.39 is 7.32 Å². The molecule has 0 aromatic heterocycles. The van der Waals surface area contributed by atoms with Gasteiger partial charge in [0.1, 0.15) is 22.9 Å². The van der Waals surface area contributed by atoms with E-state index in [9.17, 15) is 0 Å². The Hall–Kier alpha value is -2.92. The third-order valence-corrected chi connectivity index (χ3v) is 7.44. The van der Waals surface area contributed by atoms with E-state index in [-0.39, 0.29) is 0 Å². The molecule has 4 nitrogen and oxygen atoms in total. The van der Waals surface area contributed by atoms with Crippen LogP contribution in [0.25, 0.3) is 0 Å². The first kappa shape index (κ1) is 29.6. The van der Waals surface area contributed by atoms with Crippen LogP contribution in [0.1, 0.15) is 76.0 Å². The molecule has 0 heterocycles. The van der Waals surface area contributed by atoms with Gasteiger partial charge in [-0.1, -0.05) is 82.5 Å². The first-order valence-electron chi connectivity index (χ1n) is 14.5. The molecule has 0 saturated heterocycles. The van der Waals surface area contributed by atoms with Crippen molar-refractivity contribution in [1.82, 2.24) is 4.48 Å². The zero-order valence-electron chi connectivity index (χ0n) is 24.5. The Labute approximate surface area is 231 Å². The lowest BCUT2D eigenvalue weighted by Crippen LogP contribution is -2.52. The number of nitrogens with zero attached hydrogens (tertiary/aromatic N) is 1. The van der Waals surface area contributed by atoms with Crippen molar-refractivity contribution in [2.75, 3.05) is 19.6 Å². The summed E-state index contributed by atoms with van der Waals surface area (Å²) in [7, 11) is -0.921. The molecule has 5 heteroatoms. The van der Waals surface area contributed by atoms with Crippen molar-refractivity contribution < 1.29 is 14.0 Å². The molecular weight excluding hydrogens is 469 g/mol. The molecule has 38 heavy (non-hydrogen) atoms. The third kappa shape index (κ3) is 7.80. The summed E-state index contributed by atoms with van der Waals surface area (Å²) in [5, 5.41) is 0. The second-order valence-corrected chi connectivity index (χ2v) is 10.5. The minimum Gasteiger partial charge on any atom is -0.489 e. The van der Waals surface area contributed by atoms with Crippen molar-refractivity contribution in [3.63, 3.8) is 0 Å². The summed E-state index contributed by atoms with van der Waals surface area (Å²) in [6.07, 6.45) is 7.24. The van der Waals surface area contributed by atoms with E-state index in [1.807, 2.05) is 68.4 Å². The van der Waals surface area contributed by atoms with E-state index in [1.54, 1.807) is 0 Å². The highest BCUT2D eigenvalue weighted by atomic mass is 16.7. The maximum absolute atomic E-state index is 6.56. The van der Waals surface area contributed by atoms with Gasteiger partial charge in [-0.15, -0.1) is 0 Å². The molecule has 0 radical (unpaired) electrons. The second kappa shape index (κ2) is 14.9. The smallest absolute Gasteiger partial charge is 0.489 e. The number of unbranched alkanes of at least 4 members (excludes halogenated alkanes) is 3. The monoisotopic (exact) mass is 516 g/mol. The van der Waals surface area contributed by atoms with Crippen LogP contribution in [0, 0.1) is 20.8 Å². The van der Waals surface area contributed by atoms with Crippen LogP contribution in [0.15, 0.2) is 66.7 Å². The predicted octanol–water partition coefficient (Wildman–Crippen LogP) is 8.84. The molecule has 0 aliphatic heterocycles. The van der Waals surface area contributed by atoms with Gasteiger partial charge in [-0.25, -0.2) is 0 Å². The molecule has 0 N–H and O–H groups in total. The van der Waals surface area contributed by atoms with E-state index in [2.05, 4.69) is 39.8 Å². The fourth-order valence-electron chi connectivity index (χ4n) is 5.08. The fraction of sp³-hybridized carbons (Fsp3) is 0.455. The Balaban J connectivity index is 1.99. The van der Waals surface area contributed by atoms with Crippen molar-refractivity contribution in [1.29, 1.82) is 0 Å². The molecule has 0 aliphatic rings. The van der Waals surface area contributed by atoms with E-state index in [0.717, 1.165) is 52.5 Å². The summed E-state index contributed by atoms with van der Waals surface area (Å²) >= 11 is 0. The maximum Gasteiger partial charge on any atom is 0.864 e. The lowest BCUT2D eigenvalue weighted by Gasteiger charge is -2.40. The van der Waals surface area contributed by atoms with Crippen LogP contribution in [0.5, 0.6) is 17.2 Å². The molecule has 3 rings (SSSR count). The lowest BCUT2D eigenvalue weighted by atomic mass is 10.0. The zero-order chi connectivity index (χ0) is 27.4. The van der Waals surface area contributed by atoms with Crippen molar-refractivity contribution >= 4 is 13.0 Å². The third-order valence-electron chi connectivity index (χ3n) is 7.44. The minimum absolute atomic E-state index is 0.749. The first-order valence-corrected chi connectivity index (χ1v) is 14.5. The molecule has 0 atom stereocenters. The summed E-state index contributed by atoms with van der Waals surface area (Å²) in [5.41, 5.74) is 4.61. The summed E-state index contributed by atoms with van der Waals surface area (Å²) in [5.74, 6) is 2.30. The molecule has 0 aliphatic carbocycles. The van der Waals surface area contributed by atoms with Gasteiger partial charge in [-0.05, 0) is 75.4 Å². The van der Waals surface area contributed by atoms with E-state index >= 15 is 0 Å². The Morgan fingerprint density at radius 1 is 0.553 bits per heavy atom. The van der Waals surface area contributed by atoms with E-state index in [1.165, 1.54) is 49.8 Å². The Morgan fingerprint density at radius 3 is 1.42 bits per heavy atom. The summed E-state index contributed by atoms with van der Waals surface area (Å²) in [4.78, 5) is 0. The van der Waals surface area contributed by atoms with Gasteiger partial charge >= 0.3 is 7.32 Å². The van der Waals surface area contributed by atoms with Crippen LogP contribution in [-0.4, -0.2) is 27.0 Å². The highest BCUT2D eigenvalue weighted by molar-refractivity contribution is 6.39. The molecule has 0 spiro atoms. The SMILES string of the molecule is CCCC[N+](CCCC)(CCCC)c1cccc(OB(Oc2ccccc2C)Oc2ccccc2C)c1C. The number of hydrogen-bond donors (Lipinski definition) is 0. The Morgan fingerprint density at radius 2 is 0.974 bits per heavy atom. The Kier molecular flexibility index (Phi) is 11.6. The molecule has 204 valence electrons. The number of quaternary nitrogens is 1. The first-order chi connectivity index (χ1) is 18.4. The number of aryl methyl sites for hydroxylation is 2. The summed E-state index contributed by atoms with van der Waals surface area (Å²) in [6.45, 7) is 16.6. The van der Waals surface area contributed by atoms with Gasteiger partial charge in [0.15, 0.2) is 0 Å². The number of benzene rings is 3. The number of rotatable bonds is 16. The molecule has 0 bridgehead atoms. The Bertz CT molecular complexity index is 1060. The highest BCUT2D eigenvalue weighted by Gasteiger charge is 2.35. The summed E-state index contributed by atoms with van der Waals surface area (Å²) < 4.78 is 20.2. The molecule has 0 fully saturated rings. The zero-order valence-corrected chi connectivity index (χ0v) is 24.5. The van der Waals surface area contributed by atoms with Gasteiger partial charge in [0.05, 0.1) is 25.2 Å². The minimum atomic E-state index is -0.921. The second-order valence-electron chi connectivity index (χ2n) is 10.5. The van der Waals surface area contributed by atoms with Crippen LogP contribution in [0.3, 0.4) is 0 Å². The molecular formula is C33H47BNO3+. The highest BCUT2D eigenvalue weighted by Crippen LogP contribution is 2.36. The van der Waals surface area contributed by atoms with Crippen LogP contribution < -0.4 is 18.4 Å². The molecule has 0 amide bonds. The van der Waals surface area contributed by atoms with Crippen LogP contribution in [0.4, 0.5) is 5.69 Å². The average Bonchev–Trinajstić information content (AvgIpc) is 2.92. The van der Waals surface area contributed by atoms with Crippen LogP contribution in [-0.2, 0) is 0 Å². The van der Waals surface area contributed by atoms with Crippen molar-refractivity contribution in [3.05, 3.63) is 83.4 Å². The molecule has 0 unspecified atom stereocenters. The van der Waals surface area contributed by atoms with E-state index in [4.69, 9.17) is 14.0 Å². The number of hydrogen-bond acceptors (Lipinski definition) is 3. The lowest BCUT2D eigenvalue weighted by molar-refractivity contribution is 0.257. The van der Waals surface area contributed by atoms with Gasteiger partial charge < -0.3 is 14.0 Å². The van der Waals surface area contributed by atoms with Gasteiger partial charge in [-0.2, -0.15) is 0 Å². The van der Waals surface area contributed by atoms with Gasteiger partial charge in [0.2, 0.25) is 0 Å². The van der Waals surface area contributed by atoms with E-state index in [0.29, 0.717) is 0 Å².